The minimum absolute atomic E-state index is 0.251. The summed E-state index contributed by atoms with van der Waals surface area (Å²) >= 11 is 0. The van der Waals surface area contributed by atoms with E-state index in [-0.39, 0.29) is 5.75 Å². The highest BCUT2D eigenvalue weighted by molar-refractivity contribution is 5.72. The molecule has 0 saturated heterocycles. The molecule has 1 aromatic heterocycles. The van der Waals surface area contributed by atoms with Gasteiger partial charge in [0, 0.05) is 18.2 Å². The summed E-state index contributed by atoms with van der Waals surface area (Å²) in [4.78, 5) is 0. The fraction of sp³-hybridized carbons (Fsp3) is 0.118. The van der Waals surface area contributed by atoms with Crippen molar-refractivity contribution in [3.8, 4) is 28.3 Å². The molecule has 0 bridgehead atoms. The van der Waals surface area contributed by atoms with Crippen LogP contribution in [-0.2, 0) is 7.05 Å². The summed E-state index contributed by atoms with van der Waals surface area (Å²) in [5.74, 6) is 0.251. The van der Waals surface area contributed by atoms with E-state index in [2.05, 4.69) is 30.2 Å². The minimum Gasteiger partial charge on any atom is -0.507 e. The monoisotopic (exact) mass is 264 g/mol. The molecule has 0 aliphatic heterocycles. The van der Waals surface area contributed by atoms with Crippen molar-refractivity contribution in [3.05, 3.63) is 60.2 Å². The molecular formula is C17H16N2O. The minimum atomic E-state index is 0.251. The maximum Gasteiger partial charge on any atom is 0.125 e. The lowest BCUT2D eigenvalue weighted by atomic mass is 10.1. The largest absolute Gasteiger partial charge is 0.507 e. The average Bonchev–Trinajstić information content (AvgIpc) is 2.81. The second-order valence-electron chi connectivity index (χ2n) is 4.93. The van der Waals surface area contributed by atoms with Gasteiger partial charge in [-0.2, -0.15) is 5.10 Å². The van der Waals surface area contributed by atoms with Crippen LogP contribution in [0.15, 0.2) is 54.6 Å². The van der Waals surface area contributed by atoms with Crippen molar-refractivity contribution in [1.82, 2.24) is 9.78 Å². The fourth-order valence-electron chi connectivity index (χ4n) is 2.36. The first-order valence-corrected chi connectivity index (χ1v) is 6.54. The number of para-hydroxylation sites is 1. The predicted molar refractivity (Wildman–Crippen MR) is 80.5 cm³/mol. The molecular weight excluding hydrogens is 248 g/mol. The Morgan fingerprint density at radius 1 is 1.00 bits per heavy atom. The van der Waals surface area contributed by atoms with Gasteiger partial charge in [0.05, 0.1) is 11.4 Å². The van der Waals surface area contributed by atoms with Crippen LogP contribution in [0.25, 0.3) is 22.5 Å². The Morgan fingerprint density at radius 3 is 2.55 bits per heavy atom. The Kier molecular flexibility index (Phi) is 3.03. The lowest BCUT2D eigenvalue weighted by Gasteiger charge is -2.02. The summed E-state index contributed by atoms with van der Waals surface area (Å²) in [6, 6.07) is 17.6. The van der Waals surface area contributed by atoms with Crippen molar-refractivity contribution in [2.75, 3.05) is 0 Å². The number of benzene rings is 2. The van der Waals surface area contributed by atoms with E-state index < -0.39 is 0 Å². The van der Waals surface area contributed by atoms with Gasteiger partial charge in [-0.1, -0.05) is 35.9 Å². The molecule has 3 nitrogen and oxygen atoms in total. The molecule has 0 atom stereocenters. The van der Waals surface area contributed by atoms with Gasteiger partial charge < -0.3 is 5.11 Å². The number of rotatable bonds is 2. The highest BCUT2D eigenvalue weighted by Gasteiger charge is 2.11. The van der Waals surface area contributed by atoms with Crippen LogP contribution in [0.1, 0.15) is 5.56 Å². The van der Waals surface area contributed by atoms with E-state index in [1.165, 1.54) is 5.56 Å². The maximum atomic E-state index is 9.93. The number of phenols is 1. The molecule has 20 heavy (non-hydrogen) atoms. The van der Waals surface area contributed by atoms with Crippen molar-refractivity contribution in [2.24, 2.45) is 7.05 Å². The van der Waals surface area contributed by atoms with E-state index in [9.17, 15) is 5.11 Å². The van der Waals surface area contributed by atoms with Crippen LogP contribution in [0.2, 0.25) is 0 Å². The summed E-state index contributed by atoms with van der Waals surface area (Å²) < 4.78 is 1.84. The SMILES string of the molecule is Cc1cccc(-c2cc(-c3ccccc3O)nn2C)c1. The van der Waals surface area contributed by atoms with E-state index in [0.29, 0.717) is 0 Å². The molecule has 0 saturated carbocycles. The number of nitrogens with zero attached hydrogens (tertiary/aromatic N) is 2. The smallest absolute Gasteiger partial charge is 0.125 e. The van der Waals surface area contributed by atoms with Crippen LogP contribution >= 0.6 is 0 Å². The van der Waals surface area contributed by atoms with E-state index in [1.807, 2.05) is 42.1 Å². The van der Waals surface area contributed by atoms with Crippen molar-refractivity contribution in [1.29, 1.82) is 0 Å². The van der Waals surface area contributed by atoms with Gasteiger partial charge in [-0.15, -0.1) is 0 Å². The van der Waals surface area contributed by atoms with E-state index in [4.69, 9.17) is 0 Å². The Balaban J connectivity index is 2.10. The van der Waals surface area contributed by atoms with Crippen LogP contribution in [0.4, 0.5) is 0 Å². The van der Waals surface area contributed by atoms with E-state index >= 15 is 0 Å². The molecule has 0 aliphatic carbocycles. The Bertz CT molecular complexity index is 759. The molecule has 3 aromatic rings. The van der Waals surface area contributed by atoms with Crippen LogP contribution in [-0.4, -0.2) is 14.9 Å². The second kappa shape index (κ2) is 4.85. The third-order valence-electron chi connectivity index (χ3n) is 3.37. The van der Waals surface area contributed by atoms with Gasteiger partial charge in [0.1, 0.15) is 5.75 Å². The predicted octanol–water partition coefficient (Wildman–Crippen LogP) is 3.77. The first kappa shape index (κ1) is 12.5. The number of hydrogen-bond donors (Lipinski definition) is 1. The van der Waals surface area contributed by atoms with Crippen molar-refractivity contribution < 1.29 is 5.11 Å². The first-order valence-electron chi connectivity index (χ1n) is 6.54. The van der Waals surface area contributed by atoms with Crippen LogP contribution in [0.3, 0.4) is 0 Å². The Morgan fingerprint density at radius 2 is 1.80 bits per heavy atom. The molecule has 2 aromatic carbocycles. The Labute approximate surface area is 118 Å². The van der Waals surface area contributed by atoms with Crippen LogP contribution in [0, 0.1) is 6.92 Å². The average molecular weight is 264 g/mol. The molecule has 100 valence electrons. The zero-order chi connectivity index (χ0) is 14.1. The molecule has 0 radical (unpaired) electrons. The van der Waals surface area contributed by atoms with Gasteiger partial charge in [-0.25, -0.2) is 0 Å². The highest BCUT2D eigenvalue weighted by Crippen LogP contribution is 2.31. The molecule has 1 N–H and O–H groups in total. The maximum absolute atomic E-state index is 9.93. The molecule has 0 spiro atoms. The number of aromatic hydroxyl groups is 1. The van der Waals surface area contributed by atoms with Gasteiger partial charge >= 0.3 is 0 Å². The molecule has 3 heteroatoms. The van der Waals surface area contributed by atoms with Gasteiger partial charge in [-0.05, 0) is 31.2 Å². The molecule has 0 fully saturated rings. The summed E-state index contributed by atoms with van der Waals surface area (Å²) in [6.07, 6.45) is 0. The topological polar surface area (TPSA) is 38.1 Å². The number of aromatic nitrogens is 2. The summed E-state index contributed by atoms with van der Waals surface area (Å²) in [5.41, 5.74) is 4.91. The van der Waals surface area contributed by atoms with Gasteiger partial charge in [-0.3, -0.25) is 4.68 Å². The van der Waals surface area contributed by atoms with Crippen molar-refractivity contribution in [3.63, 3.8) is 0 Å². The lowest BCUT2D eigenvalue weighted by molar-refractivity contribution is 0.477. The third kappa shape index (κ3) is 2.18. The number of hydrogen-bond acceptors (Lipinski definition) is 2. The Hall–Kier alpha value is -2.55. The summed E-state index contributed by atoms with van der Waals surface area (Å²) in [5, 5.41) is 14.4. The van der Waals surface area contributed by atoms with Crippen molar-refractivity contribution in [2.45, 2.75) is 6.92 Å². The van der Waals surface area contributed by atoms with Crippen molar-refractivity contribution >= 4 is 0 Å². The highest BCUT2D eigenvalue weighted by atomic mass is 16.3. The third-order valence-corrected chi connectivity index (χ3v) is 3.37. The molecule has 3 rings (SSSR count). The van der Waals surface area contributed by atoms with Crippen LogP contribution < -0.4 is 0 Å². The van der Waals surface area contributed by atoms with E-state index in [1.54, 1.807) is 6.07 Å². The normalized spacial score (nSPS) is 10.7. The molecule has 1 heterocycles. The number of aryl methyl sites for hydroxylation is 2. The standard InChI is InChI=1S/C17H16N2O/c1-12-6-5-7-13(10-12)16-11-15(18-19(16)2)14-8-3-4-9-17(14)20/h3-11,20H,1-2H3. The molecule has 0 aliphatic rings. The quantitative estimate of drug-likeness (QED) is 0.765. The van der Waals surface area contributed by atoms with Gasteiger partial charge in [0.15, 0.2) is 0 Å². The molecule has 0 amide bonds. The van der Waals surface area contributed by atoms with Gasteiger partial charge in [0.2, 0.25) is 0 Å². The molecule has 0 unspecified atom stereocenters. The van der Waals surface area contributed by atoms with Gasteiger partial charge in [0.25, 0.3) is 0 Å². The fourth-order valence-corrected chi connectivity index (χ4v) is 2.36. The summed E-state index contributed by atoms with van der Waals surface area (Å²) in [7, 11) is 1.92. The number of phenolic OH excluding ortho intramolecular Hbond substituents is 1. The van der Waals surface area contributed by atoms with Crippen LogP contribution in [0.5, 0.6) is 5.75 Å². The zero-order valence-electron chi connectivity index (χ0n) is 11.5. The second-order valence-corrected chi connectivity index (χ2v) is 4.93. The van der Waals surface area contributed by atoms with E-state index in [0.717, 1.165) is 22.5 Å². The summed E-state index contributed by atoms with van der Waals surface area (Å²) in [6.45, 7) is 2.07. The lowest BCUT2D eigenvalue weighted by Crippen LogP contribution is -1.93. The zero-order valence-corrected chi connectivity index (χ0v) is 11.5. The first-order chi connectivity index (χ1) is 9.65.